The molecule has 1 aromatic carbocycles. The van der Waals surface area contributed by atoms with Gasteiger partial charge in [-0.1, -0.05) is 52.4 Å². The molecule has 3 amide bonds. The van der Waals surface area contributed by atoms with Crippen LogP contribution in [-0.4, -0.2) is 31.6 Å². The maximum absolute atomic E-state index is 12.1. The molecule has 0 unspecified atom stereocenters. The molecule has 1 aromatic rings. The van der Waals surface area contributed by atoms with Gasteiger partial charge in [0.05, 0.1) is 11.4 Å². The summed E-state index contributed by atoms with van der Waals surface area (Å²) in [6.07, 6.45) is 9.30. The van der Waals surface area contributed by atoms with Gasteiger partial charge in [-0.05, 0) is 38.0 Å². The predicted molar refractivity (Wildman–Crippen MR) is 129 cm³/mol. The smallest absolute Gasteiger partial charge is 0.319 e. The number of carbonyl (C=O) groups is 2. The van der Waals surface area contributed by atoms with E-state index in [-0.39, 0.29) is 24.3 Å². The lowest BCUT2D eigenvalue weighted by molar-refractivity contribution is 0.0953. The van der Waals surface area contributed by atoms with Gasteiger partial charge in [0.2, 0.25) is 0 Å². The average Bonchev–Trinajstić information content (AvgIpc) is 2.72. The van der Waals surface area contributed by atoms with Gasteiger partial charge in [0.15, 0.2) is 0 Å². The van der Waals surface area contributed by atoms with E-state index in [9.17, 15) is 9.59 Å². The number of nitrogens with zero attached hydrogens (tertiary/aromatic N) is 1. The molecule has 0 aromatic heterocycles. The molecule has 0 saturated heterocycles. The van der Waals surface area contributed by atoms with Crippen molar-refractivity contribution >= 4 is 35.7 Å². The number of hydrazine groups is 1. The molecule has 7 nitrogen and oxygen atoms in total. The van der Waals surface area contributed by atoms with Gasteiger partial charge >= 0.3 is 6.03 Å². The van der Waals surface area contributed by atoms with Crippen LogP contribution >= 0.6 is 12.4 Å². The number of hydrogen-bond donors (Lipinski definition) is 4. The average molecular weight is 442 g/mol. The zero-order chi connectivity index (χ0) is 21.5. The monoisotopic (exact) mass is 441 g/mol. The number of nitrogens with two attached hydrogens (primary N) is 1. The van der Waals surface area contributed by atoms with E-state index in [1.54, 1.807) is 12.1 Å². The molecule has 0 aliphatic rings. The summed E-state index contributed by atoms with van der Waals surface area (Å²) < 4.78 is 0. The topological polar surface area (TPSA) is 99.5 Å². The van der Waals surface area contributed by atoms with Gasteiger partial charge in [-0.25, -0.2) is 10.6 Å². The predicted octanol–water partition coefficient (Wildman–Crippen LogP) is 4.82. The normalized spacial score (nSPS) is 10.1. The van der Waals surface area contributed by atoms with E-state index < -0.39 is 0 Å². The molecule has 1 rings (SSSR count). The van der Waals surface area contributed by atoms with Gasteiger partial charge in [0, 0.05) is 25.2 Å². The van der Waals surface area contributed by atoms with Gasteiger partial charge in [0.25, 0.3) is 5.91 Å². The number of amides is 3. The first-order valence-corrected chi connectivity index (χ1v) is 11.0. The van der Waals surface area contributed by atoms with Crippen LogP contribution in [0.4, 0.5) is 16.2 Å². The number of halogens is 1. The molecule has 0 fully saturated rings. The van der Waals surface area contributed by atoms with Crippen LogP contribution in [0.1, 0.15) is 82.5 Å². The van der Waals surface area contributed by atoms with Crippen molar-refractivity contribution in [3.05, 3.63) is 23.8 Å². The largest absolute Gasteiger partial charge is 0.370 e. The Morgan fingerprint density at radius 3 is 2.03 bits per heavy atom. The second kappa shape index (κ2) is 16.8. The second-order valence-corrected chi connectivity index (χ2v) is 7.30. The van der Waals surface area contributed by atoms with E-state index in [0.717, 1.165) is 31.6 Å². The standard InChI is InChI=1S/C22H39N5O2.ClH/c1-4-7-9-11-15-27(16-12-10-8-5-2)20-17-18(21(28)26-23)13-14-19(20)25-22(29)24-6-3;/h13-14,17H,4-12,15-16,23H2,1-3H3,(H,26,28)(H2,24,25,29);1H. The molecule has 0 aliphatic carbocycles. The molecule has 0 spiro atoms. The molecular weight excluding hydrogens is 402 g/mol. The van der Waals surface area contributed by atoms with Crippen molar-refractivity contribution in [2.45, 2.75) is 72.1 Å². The first-order chi connectivity index (χ1) is 14.1. The summed E-state index contributed by atoms with van der Waals surface area (Å²) >= 11 is 0. The molecule has 5 N–H and O–H groups in total. The lowest BCUT2D eigenvalue weighted by atomic mass is 10.1. The molecular formula is C22H40ClN5O2. The van der Waals surface area contributed by atoms with Gasteiger partial charge in [-0.2, -0.15) is 0 Å². The van der Waals surface area contributed by atoms with Crippen LogP contribution in [0.3, 0.4) is 0 Å². The summed E-state index contributed by atoms with van der Waals surface area (Å²) in [7, 11) is 0. The fourth-order valence-electron chi connectivity index (χ4n) is 3.26. The summed E-state index contributed by atoms with van der Waals surface area (Å²) in [6, 6.07) is 5.03. The van der Waals surface area contributed by atoms with Gasteiger partial charge < -0.3 is 15.5 Å². The lowest BCUT2D eigenvalue weighted by Crippen LogP contribution is -2.32. The number of nitrogens with one attached hydrogen (secondary N) is 3. The number of urea groups is 1. The Morgan fingerprint density at radius 2 is 1.53 bits per heavy atom. The molecule has 0 atom stereocenters. The number of unbranched alkanes of at least 4 members (excludes halogenated alkanes) is 6. The maximum atomic E-state index is 12.1. The second-order valence-electron chi connectivity index (χ2n) is 7.30. The lowest BCUT2D eigenvalue weighted by Gasteiger charge is -2.28. The quantitative estimate of drug-likeness (QED) is 0.144. The molecule has 172 valence electrons. The molecule has 0 radical (unpaired) electrons. The molecule has 0 aliphatic heterocycles. The highest BCUT2D eigenvalue weighted by Gasteiger charge is 2.16. The van der Waals surface area contributed by atoms with Crippen molar-refractivity contribution in [2.24, 2.45) is 5.84 Å². The Hall–Kier alpha value is -1.99. The van der Waals surface area contributed by atoms with E-state index in [4.69, 9.17) is 5.84 Å². The highest BCUT2D eigenvalue weighted by Crippen LogP contribution is 2.29. The summed E-state index contributed by atoms with van der Waals surface area (Å²) in [6.45, 7) is 8.61. The fourth-order valence-corrected chi connectivity index (χ4v) is 3.26. The van der Waals surface area contributed by atoms with Crippen LogP contribution in [0, 0.1) is 0 Å². The first kappa shape index (κ1) is 28.0. The van der Waals surface area contributed by atoms with Gasteiger partial charge in [0.1, 0.15) is 0 Å². The number of rotatable bonds is 14. The summed E-state index contributed by atoms with van der Waals surface area (Å²) in [5, 5.41) is 5.69. The zero-order valence-corrected chi connectivity index (χ0v) is 19.6. The minimum absolute atomic E-state index is 0. The van der Waals surface area contributed by atoms with Crippen LogP contribution in [0.25, 0.3) is 0 Å². The third-order valence-corrected chi connectivity index (χ3v) is 4.88. The maximum Gasteiger partial charge on any atom is 0.319 e. The number of anilines is 2. The van der Waals surface area contributed by atoms with Crippen molar-refractivity contribution in [3.8, 4) is 0 Å². The molecule has 0 heterocycles. The SMILES string of the molecule is CCCCCCN(CCCCCC)c1cc(C(=O)NN)ccc1NC(=O)NCC.Cl. The highest BCUT2D eigenvalue weighted by atomic mass is 35.5. The van der Waals surface area contributed by atoms with Gasteiger partial charge in [-0.3, -0.25) is 10.2 Å². The van der Waals surface area contributed by atoms with Crippen LogP contribution in [0.5, 0.6) is 0 Å². The number of benzene rings is 1. The van der Waals surface area contributed by atoms with E-state index in [2.05, 4.69) is 34.8 Å². The molecule has 30 heavy (non-hydrogen) atoms. The van der Waals surface area contributed by atoms with Crippen molar-refractivity contribution in [3.63, 3.8) is 0 Å². The van der Waals surface area contributed by atoms with Gasteiger partial charge in [-0.15, -0.1) is 12.4 Å². The Morgan fingerprint density at radius 1 is 0.933 bits per heavy atom. The molecule has 0 bridgehead atoms. The molecule has 8 heteroatoms. The van der Waals surface area contributed by atoms with Crippen molar-refractivity contribution in [1.29, 1.82) is 0 Å². The number of carbonyl (C=O) groups excluding carboxylic acids is 2. The highest BCUT2D eigenvalue weighted by molar-refractivity contribution is 5.98. The minimum Gasteiger partial charge on any atom is -0.370 e. The number of nitrogen functional groups attached to an aromatic ring is 1. The Bertz CT molecular complexity index is 616. The number of hydrogen-bond acceptors (Lipinski definition) is 4. The fraction of sp³-hybridized carbons (Fsp3) is 0.636. The van der Waals surface area contributed by atoms with E-state index in [1.807, 2.05) is 13.0 Å². The van der Waals surface area contributed by atoms with Crippen molar-refractivity contribution < 1.29 is 9.59 Å². The summed E-state index contributed by atoms with van der Waals surface area (Å²) in [5.41, 5.74) is 4.24. The van der Waals surface area contributed by atoms with Crippen LogP contribution in [0.2, 0.25) is 0 Å². The van der Waals surface area contributed by atoms with E-state index in [0.29, 0.717) is 17.8 Å². The Balaban J connectivity index is 0.00000841. The minimum atomic E-state index is -0.340. The Labute approximate surface area is 187 Å². The van der Waals surface area contributed by atoms with Crippen LogP contribution in [0.15, 0.2) is 18.2 Å². The summed E-state index contributed by atoms with van der Waals surface area (Å²) in [5.74, 6) is 4.98. The van der Waals surface area contributed by atoms with Crippen LogP contribution in [-0.2, 0) is 0 Å². The molecule has 0 saturated carbocycles. The van der Waals surface area contributed by atoms with E-state index >= 15 is 0 Å². The van der Waals surface area contributed by atoms with E-state index in [1.165, 1.54) is 38.5 Å². The third-order valence-electron chi connectivity index (χ3n) is 4.88. The zero-order valence-electron chi connectivity index (χ0n) is 18.8. The van der Waals surface area contributed by atoms with Crippen molar-refractivity contribution in [1.82, 2.24) is 10.7 Å². The first-order valence-electron chi connectivity index (χ1n) is 11.0. The van der Waals surface area contributed by atoms with Crippen LogP contribution < -0.4 is 26.8 Å². The van der Waals surface area contributed by atoms with Crippen molar-refractivity contribution in [2.75, 3.05) is 29.9 Å². The third kappa shape index (κ3) is 10.2. The summed E-state index contributed by atoms with van der Waals surface area (Å²) in [4.78, 5) is 26.5. The Kier molecular flexibility index (Phi) is 15.7.